The van der Waals surface area contributed by atoms with Crippen molar-refractivity contribution in [3.63, 3.8) is 0 Å². The third kappa shape index (κ3) is 4.36. The molecule has 0 aromatic heterocycles. The Bertz CT molecular complexity index is 749. The number of methoxy groups -OCH3 is 1. The van der Waals surface area contributed by atoms with Crippen LogP contribution in [0, 0.1) is 10.1 Å². The molecule has 0 aliphatic heterocycles. The lowest BCUT2D eigenvalue weighted by Crippen LogP contribution is -2.31. The number of anilines is 2. The van der Waals surface area contributed by atoms with Crippen molar-refractivity contribution in [1.29, 1.82) is 0 Å². The molecule has 0 saturated heterocycles. The molecule has 1 amide bonds. The molecule has 0 saturated carbocycles. The Balaban J connectivity index is 2.01. The summed E-state index contributed by atoms with van der Waals surface area (Å²) in [5, 5.41) is 16.5. The lowest BCUT2D eigenvalue weighted by molar-refractivity contribution is -0.384. The molecule has 8 heteroatoms. The van der Waals surface area contributed by atoms with Gasteiger partial charge in [0.15, 0.2) is 0 Å². The molecule has 0 bridgehead atoms. The number of rotatable bonds is 6. The molecular formula is C16H16ClN3O4. The molecule has 0 spiro atoms. The van der Waals surface area contributed by atoms with Gasteiger partial charge in [-0.2, -0.15) is 0 Å². The van der Waals surface area contributed by atoms with E-state index in [9.17, 15) is 14.9 Å². The van der Waals surface area contributed by atoms with E-state index in [1.54, 1.807) is 38.3 Å². The minimum Gasteiger partial charge on any atom is -0.497 e. The van der Waals surface area contributed by atoms with E-state index in [0.29, 0.717) is 5.69 Å². The van der Waals surface area contributed by atoms with Gasteiger partial charge in [-0.1, -0.05) is 11.6 Å². The molecule has 7 nitrogen and oxygen atoms in total. The number of non-ortho nitro benzene ring substituents is 1. The van der Waals surface area contributed by atoms with Crippen molar-refractivity contribution >= 4 is 34.6 Å². The van der Waals surface area contributed by atoms with Crippen LogP contribution in [0.4, 0.5) is 17.1 Å². The minimum absolute atomic E-state index is 0.106. The summed E-state index contributed by atoms with van der Waals surface area (Å²) in [7, 11) is 1.58. The second-order valence-electron chi connectivity index (χ2n) is 5.01. The van der Waals surface area contributed by atoms with Crippen molar-refractivity contribution in [2.24, 2.45) is 0 Å². The first-order valence-corrected chi connectivity index (χ1v) is 7.44. The zero-order chi connectivity index (χ0) is 17.7. The highest BCUT2D eigenvalue weighted by molar-refractivity contribution is 6.34. The molecule has 0 heterocycles. The van der Waals surface area contributed by atoms with Gasteiger partial charge in [-0.25, -0.2) is 0 Å². The lowest BCUT2D eigenvalue weighted by atomic mass is 10.2. The maximum absolute atomic E-state index is 12.2. The molecule has 0 fully saturated rings. The Labute approximate surface area is 143 Å². The highest BCUT2D eigenvalue weighted by Gasteiger charge is 2.16. The second-order valence-corrected chi connectivity index (χ2v) is 5.41. The summed E-state index contributed by atoms with van der Waals surface area (Å²) in [6, 6.07) is 10.5. The number of halogens is 1. The number of benzene rings is 2. The maximum atomic E-state index is 12.2. The van der Waals surface area contributed by atoms with Crippen LogP contribution in [-0.4, -0.2) is 24.0 Å². The third-order valence-corrected chi connectivity index (χ3v) is 3.60. The zero-order valence-corrected chi connectivity index (χ0v) is 13.8. The number of carbonyl (C=O) groups excluding carboxylic acids is 1. The summed E-state index contributed by atoms with van der Waals surface area (Å²) in [4.78, 5) is 22.4. The van der Waals surface area contributed by atoms with E-state index in [4.69, 9.17) is 16.3 Å². The van der Waals surface area contributed by atoms with E-state index in [-0.39, 0.29) is 16.6 Å². The number of amides is 1. The van der Waals surface area contributed by atoms with Crippen molar-refractivity contribution in [2.75, 3.05) is 17.7 Å². The van der Waals surface area contributed by atoms with Crippen molar-refractivity contribution in [2.45, 2.75) is 13.0 Å². The van der Waals surface area contributed by atoms with Crippen LogP contribution in [0.15, 0.2) is 42.5 Å². The minimum atomic E-state index is -0.550. The molecule has 1 unspecified atom stereocenters. The molecule has 2 N–H and O–H groups in total. The van der Waals surface area contributed by atoms with Crippen LogP contribution in [-0.2, 0) is 4.79 Å². The summed E-state index contributed by atoms with van der Waals surface area (Å²) in [5.41, 5.74) is 0.936. The number of nitrogens with zero attached hydrogens (tertiary/aromatic N) is 1. The van der Waals surface area contributed by atoms with Crippen LogP contribution in [0.5, 0.6) is 5.75 Å². The van der Waals surface area contributed by atoms with Gasteiger partial charge in [0.25, 0.3) is 5.69 Å². The average molecular weight is 350 g/mol. The van der Waals surface area contributed by atoms with Crippen LogP contribution < -0.4 is 15.4 Å². The first kappa shape index (κ1) is 17.6. The summed E-state index contributed by atoms with van der Waals surface area (Å²) >= 11 is 5.96. The smallest absolute Gasteiger partial charge is 0.271 e. The predicted molar refractivity (Wildman–Crippen MR) is 92.8 cm³/mol. The molecule has 126 valence electrons. The fourth-order valence-electron chi connectivity index (χ4n) is 1.96. The highest BCUT2D eigenvalue weighted by Crippen LogP contribution is 2.26. The lowest BCUT2D eigenvalue weighted by Gasteiger charge is -2.16. The van der Waals surface area contributed by atoms with Crippen LogP contribution >= 0.6 is 11.6 Å². The van der Waals surface area contributed by atoms with E-state index in [1.807, 2.05) is 0 Å². The van der Waals surface area contributed by atoms with Gasteiger partial charge in [-0.05, 0) is 37.3 Å². The van der Waals surface area contributed by atoms with Gasteiger partial charge in [0.05, 0.1) is 22.7 Å². The first-order valence-electron chi connectivity index (χ1n) is 7.06. The van der Waals surface area contributed by atoms with Gasteiger partial charge in [0, 0.05) is 17.8 Å². The summed E-state index contributed by atoms with van der Waals surface area (Å²) in [6.07, 6.45) is 0. The van der Waals surface area contributed by atoms with Crippen molar-refractivity contribution in [3.05, 3.63) is 57.6 Å². The van der Waals surface area contributed by atoms with Crippen LogP contribution in [0.25, 0.3) is 0 Å². The largest absolute Gasteiger partial charge is 0.497 e. The van der Waals surface area contributed by atoms with Crippen molar-refractivity contribution < 1.29 is 14.5 Å². The Morgan fingerprint density at radius 3 is 2.46 bits per heavy atom. The molecule has 0 aliphatic carbocycles. The molecule has 1 atom stereocenters. The van der Waals surface area contributed by atoms with E-state index in [2.05, 4.69) is 10.6 Å². The Hall–Kier alpha value is -2.80. The molecule has 0 radical (unpaired) electrons. The first-order chi connectivity index (χ1) is 11.4. The second kappa shape index (κ2) is 7.65. The maximum Gasteiger partial charge on any atom is 0.271 e. The Morgan fingerprint density at radius 1 is 1.25 bits per heavy atom. The standard InChI is InChI=1S/C16H16ClN3O4/c1-10(18-11-3-6-13(24-2)7-4-11)16(21)19-15-8-5-12(20(22)23)9-14(15)17/h3-10,18H,1-2H3,(H,19,21). The van der Waals surface area contributed by atoms with Gasteiger partial charge in [0.1, 0.15) is 11.8 Å². The predicted octanol–water partition coefficient (Wildman–Crippen LogP) is 3.70. The number of ether oxygens (including phenoxy) is 1. The number of carbonyl (C=O) groups is 1. The van der Waals surface area contributed by atoms with Gasteiger partial charge in [-0.3, -0.25) is 14.9 Å². The van der Waals surface area contributed by atoms with Gasteiger partial charge >= 0.3 is 0 Å². The molecule has 2 aromatic carbocycles. The van der Waals surface area contributed by atoms with E-state index in [0.717, 1.165) is 11.4 Å². The van der Waals surface area contributed by atoms with Gasteiger partial charge in [0.2, 0.25) is 5.91 Å². The zero-order valence-electron chi connectivity index (χ0n) is 13.1. The van der Waals surface area contributed by atoms with Crippen molar-refractivity contribution in [1.82, 2.24) is 0 Å². The van der Waals surface area contributed by atoms with Crippen LogP contribution in [0.1, 0.15) is 6.92 Å². The van der Waals surface area contributed by atoms with Gasteiger partial charge in [-0.15, -0.1) is 0 Å². The molecule has 24 heavy (non-hydrogen) atoms. The highest BCUT2D eigenvalue weighted by atomic mass is 35.5. The number of nitrogens with one attached hydrogen (secondary N) is 2. The van der Waals surface area contributed by atoms with E-state index < -0.39 is 11.0 Å². The number of hydrogen-bond acceptors (Lipinski definition) is 5. The van der Waals surface area contributed by atoms with Crippen LogP contribution in [0.2, 0.25) is 5.02 Å². The molecular weight excluding hydrogens is 334 g/mol. The van der Waals surface area contributed by atoms with Gasteiger partial charge < -0.3 is 15.4 Å². The fourth-order valence-corrected chi connectivity index (χ4v) is 2.18. The summed E-state index contributed by atoms with van der Waals surface area (Å²) in [5.74, 6) is 0.400. The SMILES string of the molecule is COc1ccc(NC(C)C(=O)Nc2ccc([N+](=O)[O-])cc2Cl)cc1. The molecule has 0 aliphatic rings. The topological polar surface area (TPSA) is 93.5 Å². The monoisotopic (exact) mass is 349 g/mol. The molecule has 2 rings (SSSR count). The Kier molecular flexibility index (Phi) is 5.59. The van der Waals surface area contributed by atoms with E-state index >= 15 is 0 Å². The molecule has 2 aromatic rings. The summed E-state index contributed by atoms with van der Waals surface area (Å²) in [6.45, 7) is 1.69. The van der Waals surface area contributed by atoms with Crippen molar-refractivity contribution in [3.8, 4) is 5.75 Å². The quantitative estimate of drug-likeness (QED) is 0.612. The number of nitro groups is 1. The number of nitro benzene ring substituents is 1. The summed E-state index contributed by atoms with van der Waals surface area (Å²) < 4.78 is 5.07. The fraction of sp³-hybridized carbons (Fsp3) is 0.188. The van der Waals surface area contributed by atoms with Crippen LogP contribution in [0.3, 0.4) is 0 Å². The number of hydrogen-bond donors (Lipinski definition) is 2. The average Bonchev–Trinajstić information content (AvgIpc) is 2.57. The Morgan fingerprint density at radius 2 is 1.92 bits per heavy atom. The van der Waals surface area contributed by atoms with E-state index in [1.165, 1.54) is 18.2 Å². The normalized spacial score (nSPS) is 11.5. The third-order valence-electron chi connectivity index (χ3n) is 3.29.